The first kappa shape index (κ1) is 12.2. The van der Waals surface area contributed by atoms with Crippen molar-refractivity contribution in [1.82, 2.24) is 0 Å². The van der Waals surface area contributed by atoms with Gasteiger partial charge in [0.1, 0.15) is 11.5 Å². The number of benzene rings is 1. The Labute approximate surface area is 97.0 Å². The molecule has 0 fully saturated rings. The minimum atomic E-state index is 0.526. The molecule has 84 valence electrons. The first-order chi connectivity index (χ1) is 7.67. The summed E-state index contributed by atoms with van der Waals surface area (Å²) in [6.45, 7) is 11.3. The molecule has 0 bridgehead atoms. The van der Waals surface area contributed by atoms with Crippen molar-refractivity contribution in [2.75, 3.05) is 0 Å². The Morgan fingerprint density at radius 3 is 2.38 bits per heavy atom. The fourth-order valence-corrected chi connectivity index (χ4v) is 1.27. The maximum Gasteiger partial charge on any atom is 0.145 e. The molecule has 0 aliphatic heterocycles. The monoisotopic (exact) mass is 215 g/mol. The van der Waals surface area contributed by atoms with E-state index in [1.807, 2.05) is 12.1 Å². The van der Waals surface area contributed by atoms with Crippen LogP contribution in [0.1, 0.15) is 25.3 Å². The highest BCUT2D eigenvalue weighted by atomic mass is 16.5. The molecular weight excluding hydrogens is 198 g/mol. The number of rotatable bonds is 5. The molecule has 1 aromatic rings. The van der Waals surface area contributed by atoms with Crippen LogP contribution >= 0.6 is 0 Å². The molecule has 1 aromatic carbocycles. The third-order valence-corrected chi connectivity index (χ3v) is 2.20. The molecule has 0 aliphatic carbocycles. The number of allylic oxidation sites excluding steroid dienone is 1. The second kappa shape index (κ2) is 5.91. The van der Waals surface area contributed by atoms with Crippen molar-refractivity contribution in [3.63, 3.8) is 0 Å². The molecule has 0 aliphatic rings. The van der Waals surface area contributed by atoms with Gasteiger partial charge in [0.2, 0.25) is 0 Å². The van der Waals surface area contributed by atoms with Crippen molar-refractivity contribution in [2.24, 2.45) is 4.99 Å². The second-order valence-electron chi connectivity index (χ2n) is 3.74. The van der Waals surface area contributed by atoms with E-state index in [1.165, 1.54) is 11.8 Å². The molecule has 0 N–H and O–H groups in total. The highest BCUT2D eigenvalue weighted by Gasteiger charge is 2.00. The molecule has 0 saturated carbocycles. The molecular formula is C14H17NO. The number of aliphatic imine (C=N–C) groups is 1. The van der Waals surface area contributed by atoms with Crippen molar-refractivity contribution in [3.8, 4) is 5.75 Å². The van der Waals surface area contributed by atoms with Gasteiger partial charge in [0.15, 0.2) is 0 Å². The lowest BCUT2D eigenvalue weighted by Crippen LogP contribution is -1.92. The van der Waals surface area contributed by atoms with Crippen LogP contribution < -0.4 is 4.74 Å². The summed E-state index contributed by atoms with van der Waals surface area (Å²) in [5, 5.41) is 0. The van der Waals surface area contributed by atoms with Gasteiger partial charge in [0.05, 0.1) is 6.20 Å². The van der Waals surface area contributed by atoms with E-state index in [0.29, 0.717) is 11.7 Å². The van der Waals surface area contributed by atoms with Gasteiger partial charge in [-0.05, 0) is 36.4 Å². The molecule has 16 heavy (non-hydrogen) atoms. The Balaban J connectivity index is 2.78. The summed E-state index contributed by atoms with van der Waals surface area (Å²) < 4.78 is 5.55. The first-order valence-electron chi connectivity index (χ1n) is 5.23. The highest BCUT2D eigenvalue weighted by molar-refractivity contribution is 5.32. The standard InChI is InChI=1S/C14H17NO/c1-5-13(10-15-4)16-14-8-6-12(7-9-14)11(2)3/h5-11H,1,4H2,2-3H3/b13-10+. The van der Waals surface area contributed by atoms with Crippen LogP contribution in [0, 0.1) is 0 Å². The van der Waals surface area contributed by atoms with E-state index >= 15 is 0 Å². The van der Waals surface area contributed by atoms with Gasteiger partial charge in [0.25, 0.3) is 0 Å². The van der Waals surface area contributed by atoms with E-state index in [9.17, 15) is 0 Å². The molecule has 0 spiro atoms. The lowest BCUT2D eigenvalue weighted by Gasteiger charge is -2.08. The molecule has 0 radical (unpaired) electrons. The molecule has 2 heteroatoms. The van der Waals surface area contributed by atoms with E-state index < -0.39 is 0 Å². The fraction of sp³-hybridized carbons (Fsp3) is 0.214. The zero-order chi connectivity index (χ0) is 12.0. The van der Waals surface area contributed by atoms with Gasteiger partial charge < -0.3 is 4.74 Å². The molecule has 1 rings (SSSR count). The Morgan fingerprint density at radius 2 is 1.94 bits per heavy atom. The van der Waals surface area contributed by atoms with Gasteiger partial charge in [-0.2, -0.15) is 0 Å². The Bertz CT molecular complexity index is 388. The summed E-state index contributed by atoms with van der Waals surface area (Å²) in [5.74, 6) is 1.89. The number of ether oxygens (including phenoxy) is 1. The van der Waals surface area contributed by atoms with Crippen LogP contribution in [0.2, 0.25) is 0 Å². The Morgan fingerprint density at radius 1 is 1.31 bits per heavy atom. The van der Waals surface area contributed by atoms with Crippen molar-refractivity contribution in [1.29, 1.82) is 0 Å². The predicted octanol–water partition coefficient (Wildman–Crippen LogP) is 3.92. The molecule has 0 amide bonds. The van der Waals surface area contributed by atoms with Crippen molar-refractivity contribution in [3.05, 3.63) is 54.4 Å². The van der Waals surface area contributed by atoms with E-state index in [4.69, 9.17) is 4.74 Å². The van der Waals surface area contributed by atoms with Crippen LogP contribution in [0.15, 0.2) is 53.9 Å². The van der Waals surface area contributed by atoms with Crippen LogP contribution in [-0.4, -0.2) is 6.72 Å². The SMILES string of the molecule is C=C/C(=C\N=C)Oc1ccc(C(C)C)cc1. The quantitative estimate of drug-likeness (QED) is 0.414. The minimum Gasteiger partial charge on any atom is -0.456 e. The van der Waals surface area contributed by atoms with Gasteiger partial charge in [-0.1, -0.05) is 32.6 Å². The van der Waals surface area contributed by atoms with Crippen LogP contribution in [0.25, 0.3) is 0 Å². The van der Waals surface area contributed by atoms with E-state index in [0.717, 1.165) is 5.75 Å². The van der Waals surface area contributed by atoms with Crippen molar-refractivity contribution < 1.29 is 4.74 Å². The molecule has 2 nitrogen and oxygen atoms in total. The van der Waals surface area contributed by atoms with Crippen LogP contribution in [0.5, 0.6) is 5.75 Å². The maximum absolute atomic E-state index is 5.55. The number of hydrogen-bond acceptors (Lipinski definition) is 2. The highest BCUT2D eigenvalue weighted by Crippen LogP contribution is 2.20. The normalized spacial score (nSPS) is 11.3. The molecule has 0 saturated heterocycles. The second-order valence-corrected chi connectivity index (χ2v) is 3.74. The van der Waals surface area contributed by atoms with Crippen LogP contribution in [0.3, 0.4) is 0 Å². The van der Waals surface area contributed by atoms with Crippen molar-refractivity contribution >= 4 is 6.72 Å². The van der Waals surface area contributed by atoms with Gasteiger partial charge >= 0.3 is 0 Å². The average molecular weight is 215 g/mol. The maximum atomic E-state index is 5.55. The third-order valence-electron chi connectivity index (χ3n) is 2.20. The Hall–Kier alpha value is -1.83. The molecule has 0 atom stereocenters. The van der Waals surface area contributed by atoms with Gasteiger partial charge in [-0.15, -0.1) is 0 Å². The van der Waals surface area contributed by atoms with Crippen LogP contribution in [0.4, 0.5) is 0 Å². The lowest BCUT2D eigenvalue weighted by atomic mass is 10.0. The number of hydrogen-bond donors (Lipinski definition) is 0. The zero-order valence-electron chi connectivity index (χ0n) is 9.81. The lowest BCUT2D eigenvalue weighted by molar-refractivity contribution is 0.443. The van der Waals surface area contributed by atoms with Crippen molar-refractivity contribution in [2.45, 2.75) is 19.8 Å². The van der Waals surface area contributed by atoms with Gasteiger partial charge in [-0.3, -0.25) is 4.99 Å². The third kappa shape index (κ3) is 3.39. The Kier molecular flexibility index (Phi) is 4.52. The molecule has 0 unspecified atom stereocenters. The van der Waals surface area contributed by atoms with Gasteiger partial charge in [-0.25, -0.2) is 0 Å². The zero-order valence-corrected chi connectivity index (χ0v) is 9.81. The summed E-state index contributed by atoms with van der Waals surface area (Å²) in [5.41, 5.74) is 1.29. The molecule has 0 aromatic heterocycles. The first-order valence-corrected chi connectivity index (χ1v) is 5.23. The summed E-state index contributed by atoms with van der Waals surface area (Å²) in [6, 6.07) is 8.00. The minimum absolute atomic E-state index is 0.526. The summed E-state index contributed by atoms with van der Waals surface area (Å²) >= 11 is 0. The van der Waals surface area contributed by atoms with Crippen LogP contribution in [-0.2, 0) is 0 Å². The molecule has 0 heterocycles. The topological polar surface area (TPSA) is 21.6 Å². The largest absolute Gasteiger partial charge is 0.456 e. The summed E-state index contributed by atoms with van der Waals surface area (Å²) in [7, 11) is 0. The smallest absolute Gasteiger partial charge is 0.145 e. The van der Waals surface area contributed by atoms with E-state index in [1.54, 1.807) is 6.08 Å². The fourth-order valence-electron chi connectivity index (χ4n) is 1.27. The van der Waals surface area contributed by atoms with Gasteiger partial charge in [0, 0.05) is 0 Å². The predicted molar refractivity (Wildman–Crippen MR) is 69.0 cm³/mol. The average Bonchev–Trinajstić information content (AvgIpc) is 2.29. The summed E-state index contributed by atoms with van der Waals surface area (Å²) in [6.07, 6.45) is 3.13. The number of nitrogens with zero attached hydrogens (tertiary/aromatic N) is 1. The summed E-state index contributed by atoms with van der Waals surface area (Å²) in [4.78, 5) is 3.64. The van der Waals surface area contributed by atoms with E-state index in [2.05, 4.69) is 44.3 Å². The van der Waals surface area contributed by atoms with E-state index in [-0.39, 0.29) is 0 Å².